The number of aromatic nitrogens is 4. The lowest BCUT2D eigenvalue weighted by Gasteiger charge is -2.35. The van der Waals surface area contributed by atoms with E-state index >= 15 is 0 Å². The number of hydrogen-bond acceptors (Lipinski definition) is 8. The van der Waals surface area contributed by atoms with E-state index in [1.807, 2.05) is 37.3 Å². The zero-order valence-corrected chi connectivity index (χ0v) is 22.7. The molecular formula is C28H30F3N7O3. The van der Waals surface area contributed by atoms with Crippen molar-refractivity contribution >= 4 is 28.7 Å². The van der Waals surface area contributed by atoms with E-state index in [0.29, 0.717) is 55.0 Å². The molecule has 1 aromatic carbocycles. The van der Waals surface area contributed by atoms with Gasteiger partial charge in [-0.1, -0.05) is 0 Å². The van der Waals surface area contributed by atoms with Crippen molar-refractivity contribution in [2.75, 3.05) is 45.2 Å². The van der Waals surface area contributed by atoms with E-state index in [9.17, 15) is 18.0 Å². The van der Waals surface area contributed by atoms with Crippen molar-refractivity contribution in [3.63, 3.8) is 0 Å². The fourth-order valence-electron chi connectivity index (χ4n) is 4.84. The third-order valence-electron chi connectivity index (χ3n) is 6.75. The average molecular weight is 570 g/mol. The number of aromatic amines is 1. The van der Waals surface area contributed by atoms with Crippen molar-refractivity contribution in [2.45, 2.75) is 26.1 Å². The minimum Gasteiger partial charge on any atom is -0.494 e. The van der Waals surface area contributed by atoms with Gasteiger partial charge in [-0.3, -0.25) is 14.7 Å². The van der Waals surface area contributed by atoms with Crippen molar-refractivity contribution < 1.29 is 27.4 Å². The molecule has 2 N–H and O–H groups in total. The van der Waals surface area contributed by atoms with E-state index in [1.165, 1.54) is 4.90 Å². The van der Waals surface area contributed by atoms with Gasteiger partial charge in [0.05, 0.1) is 25.4 Å². The van der Waals surface area contributed by atoms with E-state index in [-0.39, 0.29) is 13.1 Å². The number of fused-ring (bicyclic) bond motifs is 1. The van der Waals surface area contributed by atoms with Crippen molar-refractivity contribution in [3.05, 3.63) is 54.5 Å². The molecule has 1 fully saturated rings. The van der Waals surface area contributed by atoms with Crippen LogP contribution >= 0.6 is 0 Å². The molecule has 3 aromatic heterocycles. The molecule has 1 amide bonds. The summed E-state index contributed by atoms with van der Waals surface area (Å²) in [5, 5.41) is 3.22. The zero-order valence-electron chi connectivity index (χ0n) is 22.7. The van der Waals surface area contributed by atoms with Crippen molar-refractivity contribution in [2.24, 2.45) is 0 Å². The van der Waals surface area contributed by atoms with Crippen LogP contribution in [0.3, 0.4) is 0 Å². The number of benzene rings is 1. The number of nitrogens with one attached hydrogen (secondary N) is 2. The number of imidazole rings is 1. The molecule has 1 aliphatic rings. The van der Waals surface area contributed by atoms with E-state index in [2.05, 4.69) is 30.2 Å². The molecule has 0 bridgehead atoms. The number of methoxy groups -OCH3 is 1. The number of piperazine rings is 1. The SMILES string of the molecule is CCOc1c(-c2ccncc2OC)ccc2nc(Nc3cc(CN4CCN(C(=O)CC(F)(F)F)CC4)ccn3)[nH]c12. The van der Waals surface area contributed by atoms with Crippen LogP contribution in [0.15, 0.2) is 48.9 Å². The summed E-state index contributed by atoms with van der Waals surface area (Å²) < 4.78 is 49.2. The summed E-state index contributed by atoms with van der Waals surface area (Å²) in [6, 6.07) is 9.48. The van der Waals surface area contributed by atoms with E-state index < -0.39 is 18.5 Å². The lowest BCUT2D eigenvalue weighted by molar-refractivity contribution is -0.162. The molecule has 0 radical (unpaired) electrons. The topological polar surface area (TPSA) is 108 Å². The Morgan fingerprint density at radius 2 is 1.90 bits per heavy atom. The van der Waals surface area contributed by atoms with Gasteiger partial charge in [0, 0.05) is 56.2 Å². The van der Waals surface area contributed by atoms with E-state index in [4.69, 9.17) is 9.47 Å². The Bertz CT molecular complexity index is 1520. The minimum absolute atomic E-state index is 0.264. The number of halogens is 3. The van der Waals surface area contributed by atoms with Crippen molar-refractivity contribution in [1.29, 1.82) is 0 Å². The highest BCUT2D eigenvalue weighted by Gasteiger charge is 2.34. The van der Waals surface area contributed by atoms with E-state index in [0.717, 1.165) is 22.2 Å². The molecule has 13 heteroatoms. The summed E-state index contributed by atoms with van der Waals surface area (Å²) in [6.07, 6.45) is -0.873. The molecule has 4 heterocycles. The van der Waals surface area contributed by atoms with Crippen LogP contribution in [-0.4, -0.2) is 81.7 Å². The monoisotopic (exact) mass is 569 g/mol. The quantitative estimate of drug-likeness (QED) is 0.297. The summed E-state index contributed by atoms with van der Waals surface area (Å²) in [4.78, 5) is 31.8. The van der Waals surface area contributed by atoms with Crippen LogP contribution in [0, 0.1) is 0 Å². The molecule has 216 valence electrons. The predicted molar refractivity (Wildman–Crippen MR) is 147 cm³/mol. The maximum absolute atomic E-state index is 12.6. The van der Waals surface area contributed by atoms with Crippen LogP contribution in [0.5, 0.6) is 11.5 Å². The Balaban J connectivity index is 1.29. The van der Waals surface area contributed by atoms with Crippen LogP contribution in [0.1, 0.15) is 18.9 Å². The van der Waals surface area contributed by atoms with Gasteiger partial charge in [-0.2, -0.15) is 13.2 Å². The second-order valence-electron chi connectivity index (χ2n) is 9.55. The number of amides is 1. The molecule has 0 atom stereocenters. The average Bonchev–Trinajstić information content (AvgIpc) is 3.36. The van der Waals surface area contributed by atoms with Gasteiger partial charge in [0.15, 0.2) is 5.75 Å². The molecule has 0 unspecified atom stereocenters. The zero-order chi connectivity index (χ0) is 29.0. The van der Waals surface area contributed by atoms with Gasteiger partial charge < -0.3 is 24.7 Å². The number of rotatable bonds is 9. The van der Waals surface area contributed by atoms with Gasteiger partial charge in [-0.05, 0) is 42.8 Å². The highest BCUT2D eigenvalue weighted by molar-refractivity contribution is 5.93. The van der Waals surface area contributed by atoms with Crippen LogP contribution in [0.4, 0.5) is 24.9 Å². The number of alkyl halides is 3. The molecule has 1 saturated heterocycles. The highest BCUT2D eigenvalue weighted by atomic mass is 19.4. The Hall–Kier alpha value is -4.39. The van der Waals surface area contributed by atoms with Crippen LogP contribution in [0.25, 0.3) is 22.2 Å². The molecule has 4 aromatic rings. The van der Waals surface area contributed by atoms with Gasteiger partial charge in [0.25, 0.3) is 0 Å². The molecule has 1 aliphatic heterocycles. The molecule has 41 heavy (non-hydrogen) atoms. The Labute approximate surface area is 234 Å². The third-order valence-corrected chi connectivity index (χ3v) is 6.75. The molecule has 5 rings (SSSR count). The molecule has 0 saturated carbocycles. The summed E-state index contributed by atoms with van der Waals surface area (Å²) >= 11 is 0. The van der Waals surface area contributed by atoms with Crippen LogP contribution in [0.2, 0.25) is 0 Å². The molecule has 10 nitrogen and oxygen atoms in total. The van der Waals surface area contributed by atoms with E-state index in [1.54, 1.807) is 25.7 Å². The standard InChI is InChI=1S/C28H30F3N7O3/c1-3-41-26-20(19-7-8-32-16-22(19)40-2)4-5-21-25(26)36-27(34-21)35-23-14-18(6-9-33-23)17-37-10-12-38(13-11-37)24(39)15-28(29,30)31/h4-9,14,16H,3,10-13,15,17H2,1-2H3,(H2,33,34,35,36). The Morgan fingerprint density at radius 3 is 2.63 bits per heavy atom. The second kappa shape index (κ2) is 12.0. The first-order valence-corrected chi connectivity index (χ1v) is 13.2. The number of carbonyl (C=O) groups excluding carboxylic acids is 1. The third kappa shape index (κ3) is 6.68. The highest BCUT2D eigenvalue weighted by Crippen LogP contribution is 2.40. The minimum atomic E-state index is -4.49. The number of H-pyrrole nitrogens is 1. The van der Waals surface area contributed by atoms with Gasteiger partial charge in [-0.25, -0.2) is 9.97 Å². The van der Waals surface area contributed by atoms with Gasteiger partial charge in [-0.15, -0.1) is 0 Å². The maximum Gasteiger partial charge on any atom is 0.397 e. The molecule has 0 spiro atoms. The Kier molecular flexibility index (Phi) is 8.24. The first-order valence-electron chi connectivity index (χ1n) is 13.2. The Morgan fingerprint density at radius 1 is 1.10 bits per heavy atom. The van der Waals surface area contributed by atoms with Crippen LogP contribution in [-0.2, 0) is 11.3 Å². The number of hydrogen-bond donors (Lipinski definition) is 2. The number of nitrogens with zero attached hydrogens (tertiary/aromatic N) is 5. The number of pyridine rings is 2. The maximum atomic E-state index is 12.6. The largest absolute Gasteiger partial charge is 0.494 e. The number of carbonyl (C=O) groups is 1. The van der Waals surface area contributed by atoms with Crippen LogP contribution < -0.4 is 14.8 Å². The summed E-state index contributed by atoms with van der Waals surface area (Å²) in [5.74, 6) is 1.46. The second-order valence-corrected chi connectivity index (χ2v) is 9.55. The number of anilines is 2. The summed E-state index contributed by atoms with van der Waals surface area (Å²) in [5.41, 5.74) is 4.09. The van der Waals surface area contributed by atoms with Crippen molar-refractivity contribution in [1.82, 2.24) is 29.7 Å². The first kappa shape index (κ1) is 28.1. The normalized spacial score (nSPS) is 14.3. The van der Waals surface area contributed by atoms with Gasteiger partial charge in [0.2, 0.25) is 11.9 Å². The lowest BCUT2D eigenvalue weighted by atomic mass is 10.0. The van der Waals surface area contributed by atoms with Crippen molar-refractivity contribution in [3.8, 4) is 22.6 Å². The first-order chi connectivity index (χ1) is 19.7. The van der Waals surface area contributed by atoms with Gasteiger partial charge >= 0.3 is 6.18 Å². The van der Waals surface area contributed by atoms with Gasteiger partial charge in [0.1, 0.15) is 23.5 Å². The predicted octanol–water partition coefficient (Wildman–Crippen LogP) is 4.77. The summed E-state index contributed by atoms with van der Waals surface area (Å²) in [7, 11) is 1.60. The number of ether oxygens (including phenoxy) is 2. The molecule has 0 aliphatic carbocycles. The molecular weight excluding hydrogens is 539 g/mol. The summed E-state index contributed by atoms with van der Waals surface area (Å²) in [6.45, 7) is 4.45. The lowest BCUT2D eigenvalue weighted by Crippen LogP contribution is -2.49. The smallest absolute Gasteiger partial charge is 0.397 e. The fraction of sp³-hybridized carbons (Fsp3) is 0.357. The fourth-order valence-corrected chi connectivity index (χ4v) is 4.84.